The van der Waals surface area contributed by atoms with Crippen LogP contribution < -0.4 is 10.6 Å². The second-order valence-corrected chi connectivity index (χ2v) is 7.60. The van der Waals surface area contributed by atoms with Gasteiger partial charge in [0, 0.05) is 14.1 Å². The van der Waals surface area contributed by atoms with Crippen molar-refractivity contribution in [2.24, 2.45) is 11.8 Å². The van der Waals surface area contributed by atoms with E-state index in [1.54, 1.807) is 0 Å². The van der Waals surface area contributed by atoms with Crippen LogP contribution in [0.25, 0.3) is 0 Å². The summed E-state index contributed by atoms with van der Waals surface area (Å²) in [5, 5.41) is 33.8. The Morgan fingerprint density at radius 2 is 1.44 bits per heavy atom. The number of carbonyl (C=O) groups excluding carboxylic acids is 2. The Morgan fingerprint density at radius 1 is 0.906 bits per heavy atom. The summed E-state index contributed by atoms with van der Waals surface area (Å²) in [4.78, 5) is 42.9. The molecular formula is C18H28N8O6. The van der Waals surface area contributed by atoms with Crippen LogP contribution in [0.5, 0.6) is 0 Å². The Morgan fingerprint density at radius 3 is 1.88 bits per heavy atom. The zero-order chi connectivity index (χ0) is 24.6. The van der Waals surface area contributed by atoms with Crippen molar-refractivity contribution in [1.29, 1.82) is 0 Å². The van der Waals surface area contributed by atoms with E-state index in [2.05, 4.69) is 20.8 Å². The van der Waals surface area contributed by atoms with Crippen LogP contribution in [0.1, 0.15) is 48.7 Å². The Hall–Kier alpha value is -3.84. The predicted octanol–water partition coefficient (Wildman–Crippen LogP) is 1.61. The first-order chi connectivity index (χ1) is 14.9. The lowest BCUT2D eigenvalue weighted by Gasteiger charge is -2.04. The van der Waals surface area contributed by atoms with E-state index >= 15 is 0 Å². The monoisotopic (exact) mass is 452 g/mol. The van der Waals surface area contributed by atoms with Crippen molar-refractivity contribution in [2.75, 3.05) is 14.1 Å². The highest BCUT2D eigenvalue weighted by atomic mass is 16.6. The summed E-state index contributed by atoms with van der Waals surface area (Å²) in [5.74, 6) is -0.794. The number of rotatable bonds is 8. The highest BCUT2D eigenvalue weighted by Gasteiger charge is 2.23. The first-order valence-electron chi connectivity index (χ1n) is 9.79. The van der Waals surface area contributed by atoms with Crippen LogP contribution in [0.2, 0.25) is 0 Å². The maximum atomic E-state index is 11.5. The zero-order valence-corrected chi connectivity index (χ0v) is 18.9. The molecule has 0 fully saturated rings. The molecule has 2 rings (SSSR count). The third-order valence-electron chi connectivity index (χ3n) is 3.90. The average Bonchev–Trinajstić information content (AvgIpc) is 3.31. The summed E-state index contributed by atoms with van der Waals surface area (Å²) in [6, 6.07) is 2.36. The van der Waals surface area contributed by atoms with Crippen molar-refractivity contribution >= 4 is 23.5 Å². The van der Waals surface area contributed by atoms with E-state index in [1.807, 2.05) is 27.7 Å². The van der Waals surface area contributed by atoms with Gasteiger partial charge < -0.3 is 30.9 Å². The highest BCUT2D eigenvalue weighted by molar-refractivity contribution is 5.93. The lowest BCUT2D eigenvalue weighted by atomic mass is 10.2. The van der Waals surface area contributed by atoms with Crippen molar-refractivity contribution < 1.29 is 19.4 Å². The van der Waals surface area contributed by atoms with E-state index in [1.165, 1.54) is 35.6 Å². The van der Waals surface area contributed by atoms with E-state index in [4.69, 9.17) is 0 Å². The van der Waals surface area contributed by atoms with Gasteiger partial charge in [0.05, 0.1) is 23.8 Å². The van der Waals surface area contributed by atoms with E-state index in [-0.39, 0.29) is 40.8 Å². The molecule has 0 aliphatic heterocycles. The molecule has 0 aromatic carbocycles. The molecule has 14 nitrogen and oxygen atoms in total. The van der Waals surface area contributed by atoms with E-state index < -0.39 is 15.8 Å². The second kappa shape index (κ2) is 11.5. The third kappa shape index (κ3) is 7.14. The van der Waals surface area contributed by atoms with Crippen LogP contribution in [0.15, 0.2) is 12.1 Å². The minimum Gasteiger partial charge on any atom is -0.358 e. The van der Waals surface area contributed by atoms with Crippen LogP contribution in [0.4, 0.5) is 11.6 Å². The Kier molecular flexibility index (Phi) is 9.43. The topological polar surface area (TPSA) is 180 Å². The van der Waals surface area contributed by atoms with Gasteiger partial charge in [0.2, 0.25) is 0 Å². The fraction of sp³-hybridized carbons (Fsp3) is 0.556. The number of nitrogens with one attached hydrogen (secondary N) is 2. The molecule has 0 atom stereocenters. The molecule has 32 heavy (non-hydrogen) atoms. The van der Waals surface area contributed by atoms with Gasteiger partial charge >= 0.3 is 11.6 Å². The van der Waals surface area contributed by atoms with Gasteiger partial charge in [-0.3, -0.25) is 9.59 Å². The van der Waals surface area contributed by atoms with Gasteiger partial charge in [-0.1, -0.05) is 32.8 Å². The maximum Gasteiger partial charge on any atom is 0.390 e. The molecule has 0 saturated heterocycles. The quantitative estimate of drug-likeness (QED) is 0.447. The van der Waals surface area contributed by atoms with Crippen molar-refractivity contribution in [3.63, 3.8) is 0 Å². The van der Waals surface area contributed by atoms with Gasteiger partial charge in [0.1, 0.15) is 6.54 Å². The summed E-state index contributed by atoms with van der Waals surface area (Å²) in [7, 11) is 2.93. The number of nitrogens with zero attached hydrogens (tertiary/aromatic N) is 6. The molecule has 0 bridgehead atoms. The summed E-state index contributed by atoms with van der Waals surface area (Å²) in [6.07, 6.45) is 0. The van der Waals surface area contributed by atoms with Gasteiger partial charge in [-0.25, -0.2) is 0 Å². The Labute approximate surface area is 184 Å². The van der Waals surface area contributed by atoms with Crippen molar-refractivity contribution in [3.05, 3.63) is 43.7 Å². The summed E-state index contributed by atoms with van der Waals surface area (Å²) in [6.45, 7) is 8.61. The molecule has 0 radical (unpaired) electrons. The average molecular weight is 452 g/mol. The van der Waals surface area contributed by atoms with Gasteiger partial charge in [-0.15, -0.1) is 4.68 Å². The van der Waals surface area contributed by atoms with Gasteiger partial charge in [-0.2, -0.15) is 4.68 Å². The van der Waals surface area contributed by atoms with Gasteiger partial charge in [0.25, 0.3) is 11.8 Å². The Bertz CT molecular complexity index is 978. The normalized spacial score (nSPS) is 10.5. The zero-order valence-electron chi connectivity index (χ0n) is 18.9. The van der Waals surface area contributed by atoms with E-state index in [9.17, 15) is 29.8 Å². The summed E-state index contributed by atoms with van der Waals surface area (Å²) >= 11 is 0. The molecule has 0 aliphatic carbocycles. The van der Waals surface area contributed by atoms with Crippen LogP contribution in [-0.2, 0) is 13.1 Å². The lowest BCUT2D eigenvalue weighted by molar-refractivity contribution is -0.392. The molecule has 0 unspecified atom stereocenters. The van der Waals surface area contributed by atoms with Crippen LogP contribution in [0, 0.1) is 32.1 Å². The maximum absolute atomic E-state index is 11.5. The fourth-order valence-corrected chi connectivity index (χ4v) is 2.56. The number of carbonyl (C=O) groups is 2. The van der Waals surface area contributed by atoms with Crippen molar-refractivity contribution in [1.82, 2.24) is 30.2 Å². The molecule has 14 heteroatoms. The molecular weight excluding hydrogens is 424 g/mol. The van der Waals surface area contributed by atoms with Crippen molar-refractivity contribution in [2.45, 2.75) is 40.8 Å². The SMILES string of the molecule is CNC(=O)c1cc([N+](=O)[O-])n(CC(C)C)n1.CNC(=O)c1cc([N+](=O)[O-])nn1CC(C)C. The number of nitro groups is 2. The standard InChI is InChI=1S/2C9H14N4O3/c1-6(2)5-12-7(9(14)10-3)4-8(11-12)13(15)16;1-6(2)5-12-8(13(15)16)4-7(11-12)9(14)10-3/h2*4,6H,5H2,1-3H3,(H,10,14). The predicted molar refractivity (Wildman–Crippen MR) is 114 cm³/mol. The third-order valence-corrected chi connectivity index (χ3v) is 3.90. The van der Waals surface area contributed by atoms with Gasteiger partial charge in [-0.05, 0) is 21.7 Å². The second-order valence-electron chi connectivity index (χ2n) is 7.60. The molecule has 0 saturated carbocycles. The molecule has 2 N–H and O–H groups in total. The first kappa shape index (κ1) is 26.2. The van der Waals surface area contributed by atoms with Crippen LogP contribution in [0.3, 0.4) is 0 Å². The molecule has 0 spiro atoms. The molecule has 176 valence electrons. The molecule has 0 aliphatic rings. The summed E-state index contributed by atoms with van der Waals surface area (Å²) in [5.41, 5.74) is 0.276. The number of amides is 2. The van der Waals surface area contributed by atoms with Crippen LogP contribution in [-0.4, -0.2) is 55.3 Å². The number of hydrogen-bond donors (Lipinski definition) is 2. The van der Waals surface area contributed by atoms with Gasteiger partial charge in [0.15, 0.2) is 11.4 Å². The lowest BCUT2D eigenvalue weighted by Crippen LogP contribution is -2.23. The highest BCUT2D eigenvalue weighted by Crippen LogP contribution is 2.15. The molecule has 2 amide bonds. The largest absolute Gasteiger partial charge is 0.390 e. The van der Waals surface area contributed by atoms with Crippen molar-refractivity contribution in [3.8, 4) is 0 Å². The fourth-order valence-electron chi connectivity index (χ4n) is 2.56. The summed E-state index contributed by atoms with van der Waals surface area (Å²) < 4.78 is 2.61. The molecule has 2 aromatic heterocycles. The minimum absolute atomic E-state index is 0.0647. The smallest absolute Gasteiger partial charge is 0.358 e. The molecule has 2 heterocycles. The van der Waals surface area contributed by atoms with Crippen LogP contribution >= 0.6 is 0 Å². The van der Waals surface area contributed by atoms with E-state index in [0.717, 1.165) is 0 Å². The minimum atomic E-state index is -0.608. The van der Waals surface area contributed by atoms with E-state index in [0.29, 0.717) is 13.1 Å². The number of hydrogen-bond acceptors (Lipinski definition) is 8. The Balaban J connectivity index is 0.000000320. The first-order valence-corrected chi connectivity index (χ1v) is 9.79. The molecule has 2 aromatic rings. The number of aromatic nitrogens is 4.